The molecule has 2 heteroatoms. The van der Waals surface area contributed by atoms with Crippen molar-refractivity contribution in [2.45, 2.75) is 19.4 Å². The standard InChI is InChI=1S/C19H19NO/c1-3-5-9-16(7-4-2)19(14-21-19)17-10-11-18-15(13-17)8-6-12-20-18/h3-13H,14H2,1-2H3/b5-3-,7-4+,16-9+. The summed E-state index contributed by atoms with van der Waals surface area (Å²) in [4.78, 5) is 4.37. The zero-order valence-electron chi connectivity index (χ0n) is 12.4. The van der Waals surface area contributed by atoms with E-state index in [0.29, 0.717) is 0 Å². The van der Waals surface area contributed by atoms with E-state index in [1.165, 1.54) is 11.1 Å². The Hall–Kier alpha value is -2.19. The van der Waals surface area contributed by atoms with Crippen LogP contribution in [0.1, 0.15) is 19.4 Å². The highest BCUT2D eigenvalue weighted by atomic mass is 16.6. The highest BCUT2D eigenvalue weighted by Gasteiger charge is 2.48. The molecule has 106 valence electrons. The number of fused-ring (bicyclic) bond motifs is 1. The van der Waals surface area contributed by atoms with Crippen LogP contribution in [0.2, 0.25) is 0 Å². The van der Waals surface area contributed by atoms with E-state index in [1.54, 1.807) is 0 Å². The van der Waals surface area contributed by atoms with Gasteiger partial charge in [-0.3, -0.25) is 4.98 Å². The first-order valence-electron chi connectivity index (χ1n) is 7.25. The van der Waals surface area contributed by atoms with Crippen LogP contribution in [0, 0.1) is 0 Å². The summed E-state index contributed by atoms with van der Waals surface area (Å²) in [7, 11) is 0. The molecule has 1 aromatic heterocycles. The van der Waals surface area contributed by atoms with E-state index in [2.05, 4.69) is 53.6 Å². The highest BCUT2D eigenvalue weighted by Crippen LogP contribution is 2.46. The molecule has 3 rings (SSSR count). The van der Waals surface area contributed by atoms with Gasteiger partial charge in [0.05, 0.1) is 12.1 Å². The Kier molecular flexibility index (Phi) is 3.72. The van der Waals surface area contributed by atoms with Crippen molar-refractivity contribution in [1.29, 1.82) is 0 Å². The minimum absolute atomic E-state index is 0.296. The van der Waals surface area contributed by atoms with Crippen molar-refractivity contribution in [2.24, 2.45) is 0 Å². The largest absolute Gasteiger partial charge is 0.359 e. The molecule has 1 aromatic carbocycles. The third-order valence-electron chi connectivity index (χ3n) is 3.78. The van der Waals surface area contributed by atoms with Crippen LogP contribution in [0.5, 0.6) is 0 Å². The molecule has 0 N–H and O–H groups in total. The Labute approximate surface area is 125 Å². The average molecular weight is 277 g/mol. The normalized spacial score (nSPS) is 22.5. The SMILES string of the molecule is C\C=C/C=C(\C=C\C)C1(c2ccc3ncccc3c2)CO1. The number of epoxide rings is 1. The summed E-state index contributed by atoms with van der Waals surface area (Å²) in [6, 6.07) is 10.4. The quantitative estimate of drug-likeness (QED) is 0.605. The molecule has 0 amide bonds. The molecule has 21 heavy (non-hydrogen) atoms. The third kappa shape index (κ3) is 2.55. The van der Waals surface area contributed by atoms with Crippen LogP contribution in [0.15, 0.2) is 72.5 Å². The van der Waals surface area contributed by atoms with Crippen molar-refractivity contribution in [3.8, 4) is 0 Å². The molecular weight excluding hydrogens is 258 g/mol. The van der Waals surface area contributed by atoms with Crippen molar-refractivity contribution in [3.63, 3.8) is 0 Å². The first-order chi connectivity index (χ1) is 10.3. The maximum atomic E-state index is 5.87. The van der Waals surface area contributed by atoms with Gasteiger partial charge in [-0.05, 0) is 43.2 Å². The number of aromatic nitrogens is 1. The monoisotopic (exact) mass is 277 g/mol. The molecule has 0 bridgehead atoms. The lowest BCUT2D eigenvalue weighted by atomic mass is 9.90. The smallest absolute Gasteiger partial charge is 0.142 e. The second-order valence-corrected chi connectivity index (χ2v) is 5.17. The van der Waals surface area contributed by atoms with E-state index < -0.39 is 0 Å². The number of rotatable bonds is 4. The lowest BCUT2D eigenvalue weighted by Crippen LogP contribution is -2.11. The van der Waals surface area contributed by atoms with Gasteiger partial charge in [0.2, 0.25) is 0 Å². The Morgan fingerprint density at radius 1 is 1.24 bits per heavy atom. The van der Waals surface area contributed by atoms with Gasteiger partial charge in [-0.25, -0.2) is 0 Å². The summed E-state index contributed by atoms with van der Waals surface area (Å²) in [5, 5.41) is 1.15. The summed E-state index contributed by atoms with van der Waals surface area (Å²) in [6.45, 7) is 4.78. The molecule has 2 heterocycles. The van der Waals surface area contributed by atoms with Gasteiger partial charge in [0, 0.05) is 11.6 Å². The maximum Gasteiger partial charge on any atom is 0.142 e. The molecule has 1 aliphatic rings. The summed E-state index contributed by atoms with van der Waals surface area (Å²) in [6.07, 6.45) is 12.2. The predicted molar refractivity (Wildman–Crippen MR) is 87.1 cm³/mol. The Balaban J connectivity index is 2.07. The maximum absolute atomic E-state index is 5.87. The van der Waals surface area contributed by atoms with Gasteiger partial charge in [0.25, 0.3) is 0 Å². The van der Waals surface area contributed by atoms with E-state index in [0.717, 1.165) is 17.5 Å². The number of nitrogens with zero attached hydrogens (tertiary/aromatic N) is 1. The fraction of sp³-hybridized carbons (Fsp3) is 0.211. The summed E-state index contributed by atoms with van der Waals surface area (Å²) < 4.78 is 5.87. The van der Waals surface area contributed by atoms with E-state index in [4.69, 9.17) is 4.74 Å². The van der Waals surface area contributed by atoms with Crippen LogP contribution in [0.3, 0.4) is 0 Å². The lowest BCUT2D eigenvalue weighted by Gasteiger charge is -2.14. The Morgan fingerprint density at radius 3 is 2.81 bits per heavy atom. The molecule has 0 saturated carbocycles. The number of allylic oxidation sites excluding steroid dienone is 4. The van der Waals surface area contributed by atoms with Crippen molar-refractivity contribution in [3.05, 3.63) is 78.0 Å². The van der Waals surface area contributed by atoms with Crippen LogP contribution < -0.4 is 0 Å². The minimum Gasteiger partial charge on any atom is -0.359 e. The van der Waals surface area contributed by atoms with E-state index in [9.17, 15) is 0 Å². The molecular formula is C19H19NO. The van der Waals surface area contributed by atoms with Crippen LogP contribution >= 0.6 is 0 Å². The lowest BCUT2D eigenvalue weighted by molar-refractivity contribution is 0.348. The van der Waals surface area contributed by atoms with Crippen molar-refractivity contribution in [2.75, 3.05) is 6.61 Å². The molecule has 2 aromatic rings. The van der Waals surface area contributed by atoms with Gasteiger partial charge in [-0.1, -0.05) is 42.5 Å². The second kappa shape index (κ2) is 5.66. The van der Waals surface area contributed by atoms with E-state index in [1.807, 2.05) is 32.2 Å². The summed E-state index contributed by atoms with van der Waals surface area (Å²) in [5.41, 5.74) is 3.10. The van der Waals surface area contributed by atoms with Crippen molar-refractivity contribution >= 4 is 10.9 Å². The van der Waals surface area contributed by atoms with Gasteiger partial charge in [-0.2, -0.15) is 0 Å². The molecule has 1 aliphatic heterocycles. The van der Waals surface area contributed by atoms with Gasteiger partial charge in [0.15, 0.2) is 0 Å². The van der Waals surface area contributed by atoms with Gasteiger partial charge in [0.1, 0.15) is 5.60 Å². The van der Waals surface area contributed by atoms with Crippen molar-refractivity contribution in [1.82, 2.24) is 4.98 Å². The molecule has 1 unspecified atom stereocenters. The molecule has 0 spiro atoms. The number of pyridine rings is 1. The van der Waals surface area contributed by atoms with Crippen LogP contribution in [-0.4, -0.2) is 11.6 Å². The first kappa shape index (κ1) is 13.8. The van der Waals surface area contributed by atoms with Gasteiger partial charge >= 0.3 is 0 Å². The molecule has 2 nitrogen and oxygen atoms in total. The topological polar surface area (TPSA) is 25.4 Å². The second-order valence-electron chi connectivity index (χ2n) is 5.17. The zero-order chi connectivity index (χ0) is 14.7. The van der Waals surface area contributed by atoms with Gasteiger partial charge < -0.3 is 4.74 Å². The summed E-state index contributed by atoms with van der Waals surface area (Å²) >= 11 is 0. The fourth-order valence-corrected chi connectivity index (χ4v) is 2.60. The Morgan fingerprint density at radius 2 is 2.10 bits per heavy atom. The third-order valence-corrected chi connectivity index (χ3v) is 3.78. The molecule has 1 atom stereocenters. The molecule has 0 radical (unpaired) electrons. The van der Waals surface area contributed by atoms with Crippen LogP contribution in [-0.2, 0) is 10.3 Å². The van der Waals surface area contributed by atoms with Crippen molar-refractivity contribution < 1.29 is 4.74 Å². The number of benzene rings is 1. The molecule has 1 fully saturated rings. The summed E-state index contributed by atoms with van der Waals surface area (Å²) in [5.74, 6) is 0. The van der Waals surface area contributed by atoms with E-state index in [-0.39, 0.29) is 5.60 Å². The zero-order valence-corrected chi connectivity index (χ0v) is 12.4. The fourth-order valence-electron chi connectivity index (χ4n) is 2.60. The molecule has 1 saturated heterocycles. The van der Waals surface area contributed by atoms with Crippen LogP contribution in [0.25, 0.3) is 10.9 Å². The number of ether oxygens (including phenoxy) is 1. The first-order valence-corrected chi connectivity index (χ1v) is 7.25. The average Bonchev–Trinajstić information content (AvgIpc) is 3.32. The van der Waals surface area contributed by atoms with Crippen LogP contribution in [0.4, 0.5) is 0 Å². The number of hydrogen-bond donors (Lipinski definition) is 0. The highest BCUT2D eigenvalue weighted by molar-refractivity contribution is 5.79. The Bertz CT molecular complexity index is 736. The van der Waals surface area contributed by atoms with E-state index >= 15 is 0 Å². The number of hydrogen-bond acceptors (Lipinski definition) is 2. The molecule has 0 aliphatic carbocycles. The predicted octanol–water partition coefficient (Wildman–Crippen LogP) is 4.54. The van der Waals surface area contributed by atoms with Gasteiger partial charge in [-0.15, -0.1) is 0 Å². The minimum atomic E-state index is -0.296.